The van der Waals surface area contributed by atoms with E-state index in [1.165, 1.54) is 93.7 Å². The first-order valence-electron chi connectivity index (χ1n) is 13.7. The van der Waals surface area contributed by atoms with Gasteiger partial charge in [-0.3, -0.25) is 4.79 Å². The van der Waals surface area contributed by atoms with E-state index in [0.717, 1.165) is 30.1 Å². The Labute approximate surface area is 208 Å². The fraction of sp³-hybridized carbons (Fsp3) is 0.562. The lowest BCUT2D eigenvalue weighted by atomic mass is 9.72. The maximum Gasteiger partial charge on any atom is 0.150 e. The van der Waals surface area contributed by atoms with Crippen LogP contribution in [0.4, 0.5) is 0 Å². The minimum absolute atomic E-state index is 0.684. The van der Waals surface area contributed by atoms with Crippen LogP contribution >= 0.6 is 0 Å². The van der Waals surface area contributed by atoms with Crippen molar-refractivity contribution >= 4 is 13.1 Å². The Hall–Kier alpha value is -2.22. The lowest BCUT2D eigenvalue weighted by molar-refractivity contribution is -0.0980. The van der Waals surface area contributed by atoms with Crippen molar-refractivity contribution in [2.45, 2.75) is 103 Å². The molecule has 2 saturated carbocycles. The van der Waals surface area contributed by atoms with Crippen molar-refractivity contribution in [2.75, 3.05) is 0 Å². The Morgan fingerprint density at radius 2 is 1.50 bits per heavy atom. The first-order valence-corrected chi connectivity index (χ1v) is 13.7. The second-order valence-corrected chi connectivity index (χ2v) is 10.0. The third-order valence-corrected chi connectivity index (χ3v) is 7.79. The molecular formula is C32H46O2. The minimum atomic E-state index is 0.684. The molecule has 2 aromatic carbocycles. The van der Waals surface area contributed by atoms with Crippen LogP contribution in [0.5, 0.6) is 0 Å². The lowest BCUT2D eigenvalue weighted by Gasteiger charge is -2.33. The van der Waals surface area contributed by atoms with E-state index in [1.807, 2.05) is 12.9 Å². The van der Waals surface area contributed by atoms with Crippen LogP contribution in [0.1, 0.15) is 117 Å². The van der Waals surface area contributed by atoms with Gasteiger partial charge in [0.15, 0.2) is 0 Å². The predicted octanol–water partition coefficient (Wildman–Crippen LogP) is 8.76. The average Bonchev–Trinajstić information content (AvgIpc) is 2.91. The molecule has 2 nitrogen and oxygen atoms in total. The molecule has 34 heavy (non-hydrogen) atoms. The van der Waals surface area contributed by atoms with E-state index in [0.29, 0.717) is 5.92 Å². The van der Waals surface area contributed by atoms with Gasteiger partial charge in [0.2, 0.25) is 0 Å². The minimum Gasteiger partial charge on any atom is -0.307 e. The highest BCUT2D eigenvalue weighted by Gasteiger charge is 2.27. The Bertz CT molecular complexity index is 805. The maximum atomic E-state index is 11.2. The van der Waals surface area contributed by atoms with Gasteiger partial charge in [0.25, 0.3) is 0 Å². The van der Waals surface area contributed by atoms with Crippen LogP contribution in [-0.2, 0) is 17.6 Å². The number of carbonyl (C=O) groups excluding carboxylic acids is 2. The third-order valence-electron chi connectivity index (χ3n) is 7.79. The fourth-order valence-electron chi connectivity index (χ4n) is 6.16. The smallest absolute Gasteiger partial charge is 0.150 e. The van der Waals surface area contributed by atoms with Gasteiger partial charge in [0, 0.05) is 5.56 Å². The molecule has 0 amide bonds. The summed E-state index contributed by atoms with van der Waals surface area (Å²) in [7, 11) is 0. The number of aldehydes is 1. The van der Waals surface area contributed by atoms with Crippen LogP contribution in [0.25, 0.3) is 0 Å². The average molecular weight is 463 g/mol. The molecule has 0 aromatic heterocycles. The summed E-state index contributed by atoms with van der Waals surface area (Å²) < 4.78 is 0. The van der Waals surface area contributed by atoms with E-state index >= 15 is 0 Å². The Kier molecular flexibility index (Phi) is 13.5. The van der Waals surface area contributed by atoms with E-state index in [2.05, 4.69) is 56.3 Å². The SMILES string of the molecule is C=O.CCCC1CCCCC1c1cccc(C=O)c1CC.c1ccc(CC2CCCCC2)cc1. The fourth-order valence-corrected chi connectivity index (χ4v) is 6.16. The summed E-state index contributed by atoms with van der Waals surface area (Å²) in [6.07, 6.45) is 18.6. The van der Waals surface area contributed by atoms with E-state index in [1.54, 1.807) is 0 Å². The van der Waals surface area contributed by atoms with E-state index in [-0.39, 0.29) is 0 Å². The van der Waals surface area contributed by atoms with E-state index in [9.17, 15) is 4.79 Å². The summed E-state index contributed by atoms with van der Waals surface area (Å²) in [5.41, 5.74) is 5.19. The van der Waals surface area contributed by atoms with Crippen molar-refractivity contribution in [3.63, 3.8) is 0 Å². The largest absolute Gasteiger partial charge is 0.307 e. The van der Waals surface area contributed by atoms with Gasteiger partial charge in [-0.1, -0.05) is 120 Å². The van der Waals surface area contributed by atoms with Crippen molar-refractivity contribution in [3.05, 3.63) is 70.8 Å². The van der Waals surface area contributed by atoms with Crippen molar-refractivity contribution in [3.8, 4) is 0 Å². The Balaban J connectivity index is 0.000000237. The van der Waals surface area contributed by atoms with Crippen LogP contribution in [0, 0.1) is 11.8 Å². The topological polar surface area (TPSA) is 34.1 Å². The number of benzene rings is 2. The van der Waals surface area contributed by atoms with Crippen molar-refractivity contribution < 1.29 is 9.59 Å². The number of carbonyl (C=O) groups is 2. The Morgan fingerprint density at radius 3 is 2.15 bits per heavy atom. The zero-order valence-electron chi connectivity index (χ0n) is 21.6. The van der Waals surface area contributed by atoms with Crippen molar-refractivity contribution in [1.29, 1.82) is 0 Å². The monoisotopic (exact) mass is 462 g/mol. The number of hydrogen-bond acceptors (Lipinski definition) is 2. The standard InChI is InChI=1S/C18H26O.C13H18.CH2O/c1-3-8-14-9-5-6-11-17(14)18-12-7-10-15(13-19)16(18)4-2;1-3-7-12(8-4-1)11-13-9-5-2-6-10-13;1-2/h7,10,12-14,17H,3-6,8-9,11H2,1-2H3;1,3-4,7-8,13H,2,5-6,9-11H2;1H2. The van der Waals surface area contributed by atoms with Crippen molar-refractivity contribution in [2.24, 2.45) is 11.8 Å². The molecule has 2 unspecified atom stereocenters. The van der Waals surface area contributed by atoms with Crippen LogP contribution in [0.2, 0.25) is 0 Å². The molecule has 0 N–H and O–H groups in total. The Morgan fingerprint density at radius 1 is 0.824 bits per heavy atom. The maximum absolute atomic E-state index is 11.2. The molecule has 0 spiro atoms. The number of hydrogen-bond donors (Lipinski definition) is 0. The van der Waals surface area contributed by atoms with Crippen molar-refractivity contribution in [1.82, 2.24) is 0 Å². The van der Waals surface area contributed by atoms with Gasteiger partial charge in [-0.05, 0) is 60.1 Å². The molecule has 2 aliphatic rings. The molecule has 2 aliphatic carbocycles. The summed E-state index contributed by atoms with van der Waals surface area (Å²) in [5.74, 6) is 2.48. The van der Waals surface area contributed by atoms with E-state index in [4.69, 9.17) is 4.79 Å². The zero-order chi connectivity index (χ0) is 24.6. The molecule has 2 atom stereocenters. The molecule has 0 radical (unpaired) electrons. The van der Waals surface area contributed by atoms with E-state index < -0.39 is 0 Å². The zero-order valence-corrected chi connectivity index (χ0v) is 21.6. The third kappa shape index (κ3) is 8.53. The number of rotatable bonds is 7. The quantitative estimate of drug-likeness (QED) is 0.385. The molecule has 2 fully saturated rings. The molecule has 4 rings (SSSR count). The highest BCUT2D eigenvalue weighted by molar-refractivity contribution is 5.78. The van der Waals surface area contributed by atoms with Crippen LogP contribution < -0.4 is 0 Å². The predicted molar refractivity (Wildman–Crippen MR) is 145 cm³/mol. The second-order valence-electron chi connectivity index (χ2n) is 10.0. The second kappa shape index (κ2) is 16.4. The molecule has 0 bridgehead atoms. The molecule has 2 aromatic rings. The molecule has 0 aliphatic heterocycles. The van der Waals surface area contributed by atoms with Gasteiger partial charge in [-0.2, -0.15) is 0 Å². The first kappa shape index (κ1) is 28.0. The summed E-state index contributed by atoms with van der Waals surface area (Å²) in [6, 6.07) is 17.2. The summed E-state index contributed by atoms with van der Waals surface area (Å²) in [6.45, 7) is 6.46. The lowest BCUT2D eigenvalue weighted by Crippen LogP contribution is -2.19. The highest BCUT2D eigenvalue weighted by atomic mass is 16.1. The van der Waals surface area contributed by atoms with Gasteiger partial charge in [-0.25, -0.2) is 0 Å². The van der Waals surface area contributed by atoms with Gasteiger partial charge in [-0.15, -0.1) is 0 Å². The van der Waals surface area contributed by atoms with Gasteiger partial charge in [0.1, 0.15) is 13.1 Å². The summed E-state index contributed by atoms with van der Waals surface area (Å²) in [5, 5.41) is 0. The summed E-state index contributed by atoms with van der Waals surface area (Å²) in [4.78, 5) is 19.2. The first-order chi connectivity index (χ1) is 16.8. The van der Waals surface area contributed by atoms with Gasteiger partial charge in [0.05, 0.1) is 0 Å². The molecular weight excluding hydrogens is 416 g/mol. The van der Waals surface area contributed by atoms with Crippen LogP contribution in [-0.4, -0.2) is 13.1 Å². The molecule has 0 heterocycles. The van der Waals surface area contributed by atoms with Crippen LogP contribution in [0.15, 0.2) is 48.5 Å². The molecule has 0 saturated heterocycles. The summed E-state index contributed by atoms with van der Waals surface area (Å²) >= 11 is 0. The molecule has 186 valence electrons. The molecule has 2 heteroatoms. The normalized spacial score (nSPS) is 20.3. The highest BCUT2D eigenvalue weighted by Crippen LogP contribution is 2.41. The van der Waals surface area contributed by atoms with Gasteiger partial charge < -0.3 is 4.79 Å². The van der Waals surface area contributed by atoms with Gasteiger partial charge >= 0.3 is 0 Å². The van der Waals surface area contributed by atoms with Crippen LogP contribution in [0.3, 0.4) is 0 Å².